The Labute approximate surface area is 170 Å². The molecule has 0 saturated heterocycles. The second-order valence-electron chi connectivity index (χ2n) is 5.63. The first-order chi connectivity index (χ1) is 14.3. The highest BCUT2D eigenvalue weighted by atomic mass is 16.1. The van der Waals surface area contributed by atoms with Gasteiger partial charge in [-0.1, -0.05) is 48.5 Å². The molecule has 5 heteroatoms. The molecule has 4 aromatic rings. The number of aldehydes is 1. The highest BCUT2D eigenvalue weighted by Gasteiger charge is 1.86. The standard InChI is InChI=1S/C12H10N2.C6H5NO.C6H7N/c1-2-6-11(7-3-1)14-10-12-8-4-5-9-13-12;8-5-6-3-1-2-4-7-6;7-6-4-2-1-3-5-6/h1-10H;1-5H;1-5H,7H2. The van der Waals surface area contributed by atoms with Gasteiger partial charge in [-0.25, -0.2) is 0 Å². The van der Waals surface area contributed by atoms with Gasteiger partial charge in [0, 0.05) is 18.1 Å². The lowest BCUT2D eigenvalue weighted by atomic mass is 10.3. The molecule has 2 aromatic carbocycles. The second-order valence-corrected chi connectivity index (χ2v) is 5.63. The van der Waals surface area contributed by atoms with Gasteiger partial charge >= 0.3 is 0 Å². The summed E-state index contributed by atoms with van der Waals surface area (Å²) in [7, 11) is 0. The minimum absolute atomic E-state index is 0.479. The third kappa shape index (κ3) is 9.40. The van der Waals surface area contributed by atoms with E-state index in [-0.39, 0.29) is 0 Å². The van der Waals surface area contributed by atoms with Crippen LogP contribution in [0.4, 0.5) is 11.4 Å². The first kappa shape index (κ1) is 21.2. The van der Waals surface area contributed by atoms with E-state index in [1.165, 1.54) is 0 Å². The van der Waals surface area contributed by atoms with Gasteiger partial charge < -0.3 is 5.73 Å². The van der Waals surface area contributed by atoms with Crippen LogP contribution in [0.25, 0.3) is 0 Å². The molecule has 144 valence electrons. The lowest BCUT2D eigenvalue weighted by molar-refractivity contribution is 0.111. The maximum atomic E-state index is 9.94. The summed E-state index contributed by atoms with van der Waals surface area (Å²) in [6.07, 6.45) is 5.82. The number of anilines is 1. The fourth-order valence-electron chi connectivity index (χ4n) is 2.01. The number of carbonyl (C=O) groups excluding carboxylic acids is 1. The molecule has 4 rings (SSSR count). The van der Waals surface area contributed by atoms with Crippen LogP contribution in [0.3, 0.4) is 0 Å². The van der Waals surface area contributed by atoms with Gasteiger partial charge in [-0.05, 0) is 48.5 Å². The summed E-state index contributed by atoms with van der Waals surface area (Å²) in [6, 6.07) is 30.3. The molecule has 2 heterocycles. The smallest absolute Gasteiger partial charge is 0.168 e. The number of nitrogens with zero attached hydrogens (tertiary/aromatic N) is 3. The molecule has 0 amide bonds. The highest BCUT2D eigenvalue weighted by molar-refractivity contribution is 5.79. The van der Waals surface area contributed by atoms with Crippen LogP contribution in [0.5, 0.6) is 0 Å². The molecule has 0 unspecified atom stereocenters. The van der Waals surface area contributed by atoms with Crippen LogP contribution in [0, 0.1) is 0 Å². The number of rotatable bonds is 3. The fraction of sp³-hybridized carbons (Fsp3) is 0. The molecule has 0 saturated carbocycles. The van der Waals surface area contributed by atoms with Gasteiger partial charge in [-0.2, -0.15) is 0 Å². The molecule has 0 aliphatic rings. The number of pyridine rings is 2. The summed E-state index contributed by atoms with van der Waals surface area (Å²) in [5.74, 6) is 0. The number of carbonyl (C=O) groups is 1. The third-order valence-electron chi connectivity index (χ3n) is 3.40. The Bertz CT molecular complexity index is 919. The Kier molecular flexibility index (Phi) is 9.58. The van der Waals surface area contributed by atoms with Crippen molar-refractivity contribution < 1.29 is 4.79 Å². The maximum Gasteiger partial charge on any atom is 0.168 e. The van der Waals surface area contributed by atoms with E-state index >= 15 is 0 Å². The minimum atomic E-state index is 0.479. The van der Waals surface area contributed by atoms with Crippen molar-refractivity contribution in [2.24, 2.45) is 4.99 Å². The van der Waals surface area contributed by atoms with Crippen LogP contribution in [0.2, 0.25) is 0 Å². The minimum Gasteiger partial charge on any atom is -0.399 e. The van der Waals surface area contributed by atoms with Crippen molar-refractivity contribution in [1.82, 2.24) is 9.97 Å². The van der Waals surface area contributed by atoms with E-state index < -0.39 is 0 Å². The van der Waals surface area contributed by atoms with E-state index in [4.69, 9.17) is 5.73 Å². The zero-order valence-corrected chi connectivity index (χ0v) is 15.9. The number of aromatic nitrogens is 2. The maximum absolute atomic E-state index is 9.94. The van der Waals surface area contributed by atoms with Crippen LogP contribution in [0.15, 0.2) is 114 Å². The van der Waals surface area contributed by atoms with E-state index in [2.05, 4.69) is 15.0 Å². The van der Waals surface area contributed by atoms with Gasteiger partial charge in [0.25, 0.3) is 0 Å². The Morgan fingerprint density at radius 1 is 0.655 bits per heavy atom. The average molecular weight is 382 g/mol. The predicted octanol–water partition coefficient (Wildman–Crippen LogP) is 5.00. The van der Waals surface area contributed by atoms with Crippen LogP contribution in [0.1, 0.15) is 16.2 Å². The summed E-state index contributed by atoms with van der Waals surface area (Å²) in [5, 5.41) is 0. The summed E-state index contributed by atoms with van der Waals surface area (Å²) in [4.78, 5) is 22.1. The molecule has 2 N–H and O–H groups in total. The fourth-order valence-corrected chi connectivity index (χ4v) is 2.01. The molecule has 0 aliphatic heterocycles. The quantitative estimate of drug-likeness (QED) is 0.307. The summed E-state index contributed by atoms with van der Waals surface area (Å²) < 4.78 is 0. The van der Waals surface area contributed by atoms with Gasteiger partial charge in [-0.15, -0.1) is 0 Å². The number of benzene rings is 2. The first-order valence-corrected chi connectivity index (χ1v) is 8.95. The molecule has 0 aliphatic carbocycles. The highest BCUT2D eigenvalue weighted by Crippen LogP contribution is 2.08. The van der Waals surface area contributed by atoms with Crippen LogP contribution < -0.4 is 5.73 Å². The lowest BCUT2D eigenvalue weighted by Crippen LogP contribution is -1.83. The van der Waals surface area contributed by atoms with Crippen molar-refractivity contribution in [3.8, 4) is 0 Å². The number of aliphatic imine (C=N–C) groups is 1. The average Bonchev–Trinajstić information content (AvgIpc) is 2.81. The molecular weight excluding hydrogens is 360 g/mol. The van der Waals surface area contributed by atoms with Gasteiger partial charge in [0.05, 0.1) is 17.6 Å². The van der Waals surface area contributed by atoms with E-state index in [9.17, 15) is 4.79 Å². The molecule has 0 spiro atoms. The Morgan fingerprint density at radius 2 is 1.17 bits per heavy atom. The Balaban J connectivity index is 0.000000170. The van der Waals surface area contributed by atoms with E-state index in [1.807, 2.05) is 78.9 Å². The molecule has 5 nitrogen and oxygen atoms in total. The molecule has 0 radical (unpaired) electrons. The summed E-state index contributed by atoms with van der Waals surface area (Å²) in [5.41, 5.74) is 8.47. The Hall–Kier alpha value is -4.12. The topological polar surface area (TPSA) is 81.2 Å². The number of hydrogen-bond donors (Lipinski definition) is 1. The van der Waals surface area contributed by atoms with Crippen molar-refractivity contribution in [3.63, 3.8) is 0 Å². The molecule has 2 aromatic heterocycles. The molecule has 0 bridgehead atoms. The zero-order valence-electron chi connectivity index (χ0n) is 15.9. The van der Waals surface area contributed by atoms with Crippen molar-refractivity contribution >= 4 is 23.9 Å². The number of hydrogen-bond acceptors (Lipinski definition) is 5. The van der Waals surface area contributed by atoms with Gasteiger partial charge in [0.1, 0.15) is 5.69 Å². The zero-order chi connectivity index (χ0) is 20.6. The van der Waals surface area contributed by atoms with E-state index in [0.717, 1.165) is 23.4 Å². The van der Waals surface area contributed by atoms with Crippen LogP contribution >= 0.6 is 0 Å². The van der Waals surface area contributed by atoms with Crippen molar-refractivity contribution in [2.75, 3.05) is 5.73 Å². The summed E-state index contributed by atoms with van der Waals surface area (Å²) >= 11 is 0. The van der Waals surface area contributed by atoms with Crippen molar-refractivity contribution in [1.29, 1.82) is 0 Å². The summed E-state index contributed by atoms with van der Waals surface area (Å²) in [6.45, 7) is 0. The number of para-hydroxylation sites is 2. The molecule has 0 atom stereocenters. The monoisotopic (exact) mass is 382 g/mol. The predicted molar refractivity (Wildman–Crippen MR) is 118 cm³/mol. The SMILES string of the molecule is C(=Nc1ccccc1)c1ccccn1.Nc1ccccc1.O=Cc1ccccn1. The first-order valence-electron chi connectivity index (χ1n) is 8.95. The second kappa shape index (κ2) is 13.1. The molecular formula is C24H22N4O. The molecule has 0 fully saturated rings. The van der Waals surface area contributed by atoms with Crippen LogP contribution in [-0.2, 0) is 0 Å². The third-order valence-corrected chi connectivity index (χ3v) is 3.40. The lowest BCUT2D eigenvalue weighted by Gasteiger charge is -1.91. The molecule has 29 heavy (non-hydrogen) atoms. The largest absolute Gasteiger partial charge is 0.399 e. The van der Waals surface area contributed by atoms with E-state index in [0.29, 0.717) is 5.69 Å². The number of nitrogens with two attached hydrogens (primary N) is 1. The normalized spacial score (nSPS) is 9.52. The Morgan fingerprint density at radius 3 is 1.59 bits per heavy atom. The van der Waals surface area contributed by atoms with Gasteiger partial charge in [0.15, 0.2) is 6.29 Å². The number of nitrogen functional groups attached to an aromatic ring is 1. The van der Waals surface area contributed by atoms with Crippen molar-refractivity contribution in [3.05, 3.63) is 121 Å². The van der Waals surface area contributed by atoms with E-state index in [1.54, 1.807) is 36.8 Å². The van der Waals surface area contributed by atoms with Crippen LogP contribution in [-0.4, -0.2) is 22.5 Å². The van der Waals surface area contributed by atoms with Gasteiger partial charge in [-0.3, -0.25) is 19.8 Å². The van der Waals surface area contributed by atoms with Crippen molar-refractivity contribution in [2.45, 2.75) is 0 Å². The van der Waals surface area contributed by atoms with Gasteiger partial charge in [0.2, 0.25) is 0 Å².